The van der Waals surface area contributed by atoms with E-state index in [2.05, 4.69) is 4.74 Å². The molecule has 8 heteroatoms. The SMILES string of the molecule is CCOC(F)(C(=O)O)C(F)(F)F.[Na]. The van der Waals surface area contributed by atoms with Crippen LogP contribution in [0.3, 0.4) is 0 Å². The van der Waals surface area contributed by atoms with E-state index in [-0.39, 0.29) is 29.6 Å². The van der Waals surface area contributed by atoms with Gasteiger partial charge < -0.3 is 9.84 Å². The van der Waals surface area contributed by atoms with Crippen molar-refractivity contribution in [2.24, 2.45) is 0 Å². The number of halogens is 4. The molecule has 1 radical (unpaired) electrons. The third kappa shape index (κ3) is 3.41. The van der Waals surface area contributed by atoms with Crippen molar-refractivity contribution in [3.05, 3.63) is 0 Å². The average molecular weight is 213 g/mol. The van der Waals surface area contributed by atoms with Crippen LogP contribution in [0.2, 0.25) is 0 Å². The largest absolute Gasteiger partial charge is 0.477 e. The van der Waals surface area contributed by atoms with Crippen LogP contribution in [0.5, 0.6) is 0 Å². The second-order valence-corrected chi connectivity index (χ2v) is 1.83. The molecule has 73 valence electrons. The fourth-order valence-corrected chi connectivity index (χ4v) is 0.464. The number of alkyl halides is 4. The van der Waals surface area contributed by atoms with E-state index in [1.807, 2.05) is 0 Å². The smallest absolute Gasteiger partial charge is 0.460 e. The summed E-state index contributed by atoms with van der Waals surface area (Å²) >= 11 is 0. The van der Waals surface area contributed by atoms with Crippen LogP contribution in [-0.4, -0.2) is 59.3 Å². The van der Waals surface area contributed by atoms with E-state index in [4.69, 9.17) is 5.11 Å². The number of hydrogen-bond acceptors (Lipinski definition) is 2. The van der Waals surface area contributed by atoms with E-state index in [1.165, 1.54) is 0 Å². The fourth-order valence-electron chi connectivity index (χ4n) is 0.464. The maximum absolute atomic E-state index is 12.5. The Hall–Kier alpha value is 0.150. The number of aliphatic carboxylic acids is 1. The van der Waals surface area contributed by atoms with Gasteiger partial charge in [-0.25, -0.2) is 4.79 Å². The standard InChI is InChI=1S/C5H6F4O3.Na/c1-2-12-4(6,3(10)11)5(7,8)9;/h2H2,1H3,(H,10,11);. The first-order valence-electron chi connectivity index (χ1n) is 2.88. The Morgan fingerprint density at radius 2 is 1.77 bits per heavy atom. The summed E-state index contributed by atoms with van der Waals surface area (Å²) in [6.45, 7) is 0.380. The van der Waals surface area contributed by atoms with E-state index in [9.17, 15) is 22.4 Å². The van der Waals surface area contributed by atoms with Gasteiger partial charge in [0.1, 0.15) is 0 Å². The van der Waals surface area contributed by atoms with E-state index < -0.39 is 24.6 Å². The Morgan fingerprint density at radius 1 is 1.38 bits per heavy atom. The third-order valence-electron chi connectivity index (χ3n) is 0.983. The number of rotatable bonds is 3. The van der Waals surface area contributed by atoms with Crippen molar-refractivity contribution >= 4 is 35.5 Å². The quantitative estimate of drug-likeness (QED) is 0.560. The van der Waals surface area contributed by atoms with Gasteiger partial charge in [0.15, 0.2) is 0 Å². The van der Waals surface area contributed by atoms with Gasteiger partial charge in [-0.3, -0.25) is 0 Å². The van der Waals surface area contributed by atoms with Gasteiger partial charge in [-0.05, 0) is 6.92 Å². The second-order valence-electron chi connectivity index (χ2n) is 1.83. The Morgan fingerprint density at radius 3 is 1.85 bits per heavy atom. The summed E-state index contributed by atoms with van der Waals surface area (Å²) in [5, 5.41) is 7.88. The Kier molecular flexibility index (Phi) is 6.17. The van der Waals surface area contributed by atoms with Crippen LogP contribution in [0, 0.1) is 0 Å². The predicted molar refractivity (Wildman–Crippen MR) is 34.9 cm³/mol. The summed E-state index contributed by atoms with van der Waals surface area (Å²) in [5.74, 6) is -7.29. The molecule has 1 N–H and O–H groups in total. The minimum Gasteiger partial charge on any atom is -0.477 e. The molecule has 0 aromatic rings. The monoisotopic (exact) mass is 213 g/mol. The van der Waals surface area contributed by atoms with Gasteiger partial charge >= 0.3 is 18.0 Å². The van der Waals surface area contributed by atoms with Gasteiger partial charge in [0, 0.05) is 36.2 Å². The van der Waals surface area contributed by atoms with Gasteiger partial charge in [0.05, 0.1) is 0 Å². The zero-order valence-electron chi connectivity index (χ0n) is 6.98. The number of carboxylic acids is 1. The molecule has 0 heterocycles. The van der Waals surface area contributed by atoms with Gasteiger partial charge in [0.2, 0.25) is 0 Å². The van der Waals surface area contributed by atoms with E-state index >= 15 is 0 Å². The van der Waals surface area contributed by atoms with Crippen LogP contribution in [0.25, 0.3) is 0 Å². The molecule has 0 bridgehead atoms. The molecule has 1 atom stereocenters. The molecule has 0 rings (SSSR count). The molecule has 0 aromatic carbocycles. The van der Waals surface area contributed by atoms with Crippen LogP contribution in [-0.2, 0) is 9.53 Å². The van der Waals surface area contributed by atoms with E-state index in [0.29, 0.717) is 0 Å². The van der Waals surface area contributed by atoms with Crippen LogP contribution in [0.4, 0.5) is 17.6 Å². The molecule has 0 aliphatic heterocycles. The topological polar surface area (TPSA) is 46.5 Å². The summed E-state index contributed by atoms with van der Waals surface area (Å²) in [5.41, 5.74) is 0. The number of ether oxygens (including phenoxy) is 1. The van der Waals surface area contributed by atoms with Crippen molar-refractivity contribution in [2.75, 3.05) is 6.61 Å². The summed E-state index contributed by atoms with van der Waals surface area (Å²) in [7, 11) is 0. The molecule has 0 spiro atoms. The Balaban J connectivity index is 0. The minimum atomic E-state index is -5.56. The second kappa shape index (κ2) is 5.14. The molecule has 13 heavy (non-hydrogen) atoms. The molecule has 3 nitrogen and oxygen atoms in total. The maximum atomic E-state index is 12.5. The predicted octanol–water partition coefficient (Wildman–Crippen LogP) is 0.955. The van der Waals surface area contributed by atoms with Crippen molar-refractivity contribution in [2.45, 2.75) is 19.0 Å². The zero-order valence-corrected chi connectivity index (χ0v) is 8.98. The number of carbonyl (C=O) groups is 1. The van der Waals surface area contributed by atoms with Crippen LogP contribution in [0.1, 0.15) is 6.92 Å². The van der Waals surface area contributed by atoms with Crippen molar-refractivity contribution in [1.82, 2.24) is 0 Å². The molecule has 0 saturated heterocycles. The van der Waals surface area contributed by atoms with Crippen LogP contribution >= 0.6 is 0 Å². The third-order valence-corrected chi connectivity index (χ3v) is 0.983. The molecule has 0 aliphatic carbocycles. The van der Waals surface area contributed by atoms with Gasteiger partial charge in [0.25, 0.3) is 0 Å². The van der Waals surface area contributed by atoms with Crippen LogP contribution < -0.4 is 0 Å². The van der Waals surface area contributed by atoms with Gasteiger partial charge in [-0.15, -0.1) is 0 Å². The summed E-state index contributed by atoms with van der Waals surface area (Å²) < 4.78 is 50.9. The summed E-state index contributed by atoms with van der Waals surface area (Å²) in [6.07, 6.45) is -5.56. The summed E-state index contributed by atoms with van der Waals surface area (Å²) in [4.78, 5) is 9.84. The average Bonchev–Trinajstić information content (AvgIpc) is 1.85. The Bertz CT molecular complexity index is 183. The fraction of sp³-hybridized carbons (Fsp3) is 0.800. The molecular formula is C5H6F4NaO3. The first kappa shape index (κ1) is 15.6. The van der Waals surface area contributed by atoms with E-state index in [1.54, 1.807) is 0 Å². The molecule has 0 fully saturated rings. The zero-order chi connectivity index (χ0) is 9.99. The van der Waals surface area contributed by atoms with Crippen LogP contribution in [0.15, 0.2) is 0 Å². The summed E-state index contributed by atoms with van der Waals surface area (Å²) in [6, 6.07) is 0. The molecule has 0 aliphatic rings. The molecule has 0 saturated carbocycles. The van der Waals surface area contributed by atoms with Gasteiger partial charge in [-0.1, -0.05) is 0 Å². The normalized spacial score (nSPS) is 15.8. The van der Waals surface area contributed by atoms with Crippen molar-refractivity contribution in [1.29, 1.82) is 0 Å². The van der Waals surface area contributed by atoms with Crippen molar-refractivity contribution in [3.8, 4) is 0 Å². The molecule has 0 amide bonds. The molecular weight excluding hydrogens is 207 g/mol. The number of carboxylic acid groups (broad SMARTS) is 1. The van der Waals surface area contributed by atoms with Gasteiger partial charge in [-0.2, -0.15) is 17.6 Å². The number of hydrogen-bond donors (Lipinski definition) is 1. The minimum absolute atomic E-state index is 0. The maximum Gasteiger partial charge on any atom is 0.460 e. The molecule has 1 unspecified atom stereocenters. The Labute approximate surface area is 93.3 Å². The van der Waals surface area contributed by atoms with Crippen molar-refractivity contribution in [3.63, 3.8) is 0 Å². The van der Waals surface area contributed by atoms with Crippen molar-refractivity contribution < 1.29 is 32.2 Å². The first-order chi connectivity index (χ1) is 5.25. The first-order valence-corrected chi connectivity index (χ1v) is 2.88. The molecule has 0 aromatic heterocycles. The van der Waals surface area contributed by atoms with E-state index in [0.717, 1.165) is 6.92 Å².